The Bertz CT molecular complexity index is 546. The minimum Gasteiger partial charge on any atom is -1.00 e. The maximum absolute atomic E-state index is 12.0. The van der Waals surface area contributed by atoms with Gasteiger partial charge in [-0.05, 0) is 24.5 Å². The van der Waals surface area contributed by atoms with Gasteiger partial charge in [0.25, 0.3) is 0 Å². The molecule has 0 aromatic heterocycles. The van der Waals surface area contributed by atoms with Crippen molar-refractivity contribution in [2.45, 2.75) is 77.6 Å². The summed E-state index contributed by atoms with van der Waals surface area (Å²) in [6, 6.07) is 7.35. The van der Waals surface area contributed by atoms with Crippen LogP contribution in [-0.2, 0) is 16.0 Å². The Kier molecular flexibility index (Phi) is 15.7. The average molecular weight is 368 g/mol. The summed E-state index contributed by atoms with van der Waals surface area (Å²) in [5.74, 6) is -1.30. The fourth-order valence-corrected chi connectivity index (χ4v) is 2.93. The summed E-state index contributed by atoms with van der Waals surface area (Å²) in [6.45, 7) is 5.55. The Morgan fingerprint density at radius 3 is 2.08 bits per heavy atom. The van der Waals surface area contributed by atoms with Gasteiger partial charge in [-0.25, -0.2) is 9.59 Å². The number of carbonyl (C=O) groups excluding carboxylic acids is 2. The Morgan fingerprint density at radius 2 is 1.50 bits per heavy atom. The van der Waals surface area contributed by atoms with Gasteiger partial charge in [0.05, 0.1) is 5.56 Å². The fourth-order valence-electron chi connectivity index (χ4n) is 2.93. The second kappa shape index (κ2) is 16.3. The van der Waals surface area contributed by atoms with Crippen LogP contribution in [0.15, 0.2) is 36.9 Å². The Labute approximate surface area is 182 Å². The van der Waals surface area contributed by atoms with Gasteiger partial charge in [-0.1, -0.05) is 89.5 Å². The monoisotopic (exact) mass is 368 g/mol. The number of esters is 2. The number of rotatable bonds is 13. The SMILES string of the molecule is C=CC(=O)OC(=O)c1ccccc1CCCCCCCCCCCC.[H-].[Na+]. The van der Waals surface area contributed by atoms with Crippen molar-refractivity contribution in [3.63, 3.8) is 0 Å². The van der Waals surface area contributed by atoms with Crippen molar-refractivity contribution in [1.29, 1.82) is 0 Å². The number of unbranched alkanes of at least 4 members (excludes halogenated alkanes) is 9. The molecule has 3 nitrogen and oxygen atoms in total. The normalized spacial score (nSPS) is 10.0. The molecular weight excluding hydrogens is 335 g/mol. The standard InChI is InChI=1S/C22H32O3.Na.H/c1-3-5-6-7-8-9-10-11-12-13-16-19-17-14-15-18-20(19)22(24)25-21(23)4-2;;/h4,14-15,17-18H,2-3,5-13,16H2,1H3;;/q;+1;-1. The van der Waals surface area contributed by atoms with E-state index in [4.69, 9.17) is 4.74 Å². The van der Waals surface area contributed by atoms with Crippen LogP contribution in [0.25, 0.3) is 0 Å². The summed E-state index contributed by atoms with van der Waals surface area (Å²) in [6.07, 6.45) is 14.7. The van der Waals surface area contributed by atoms with Crippen LogP contribution in [0.3, 0.4) is 0 Å². The molecule has 0 aliphatic heterocycles. The predicted octanol–water partition coefficient (Wildman–Crippen LogP) is 3.14. The van der Waals surface area contributed by atoms with Crippen molar-refractivity contribution in [3.05, 3.63) is 48.0 Å². The first kappa shape index (κ1) is 25.1. The largest absolute Gasteiger partial charge is 1.00 e. The molecular formula is C22H33NaO3. The first-order valence-electron chi connectivity index (χ1n) is 9.65. The maximum Gasteiger partial charge on any atom is 1.00 e. The van der Waals surface area contributed by atoms with E-state index in [0.717, 1.165) is 24.5 Å². The zero-order chi connectivity index (χ0) is 18.3. The van der Waals surface area contributed by atoms with E-state index in [-0.39, 0.29) is 31.0 Å². The van der Waals surface area contributed by atoms with Crippen LogP contribution in [-0.4, -0.2) is 11.9 Å². The van der Waals surface area contributed by atoms with Crippen molar-refractivity contribution >= 4 is 11.9 Å². The van der Waals surface area contributed by atoms with E-state index in [2.05, 4.69) is 13.5 Å². The van der Waals surface area contributed by atoms with E-state index in [1.54, 1.807) is 12.1 Å². The van der Waals surface area contributed by atoms with Gasteiger partial charge < -0.3 is 6.16 Å². The third kappa shape index (κ3) is 10.9. The smallest absolute Gasteiger partial charge is 1.00 e. The van der Waals surface area contributed by atoms with Crippen LogP contribution < -0.4 is 29.6 Å². The van der Waals surface area contributed by atoms with E-state index < -0.39 is 11.9 Å². The van der Waals surface area contributed by atoms with E-state index in [1.807, 2.05) is 12.1 Å². The molecule has 0 amide bonds. The first-order valence-corrected chi connectivity index (χ1v) is 9.65. The number of hydrogen-bond donors (Lipinski definition) is 0. The molecule has 0 bridgehead atoms. The van der Waals surface area contributed by atoms with Crippen molar-refractivity contribution in [1.82, 2.24) is 0 Å². The fraction of sp³-hybridized carbons (Fsp3) is 0.545. The quantitative estimate of drug-likeness (QED) is 0.177. The van der Waals surface area contributed by atoms with E-state index in [1.165, 1.54) is 57.8 Å². The number of ether oxygens (including phenoxy) is 1. The molecule has 1 rings (SSSR count). The van der Waals surface area contributed by atoms with E-state index in [0.29, 0.717) is 5.56 Å². The molecule has 1 aromatic carbocycles. The summed E-state index contributed by atoms with van der Waals surface area (Å²) >= 11 is 0. The molecule has 26 heavy (non-hydrogen) atoms. The molecule has 0 atom stereocenters. The molecule has 0 heterocycles. The first-order chi connectivity index (χ1) is 12.2. The molecule has 4 heteroatoms. The van der Waals surface area contributed by atoms with E-state index in [9.17, 15) is 9.59 Å². The summed E-state index contributed by atoms with van der Waals surface area (Å²) in [4.78, 5) is 23.2. The summed E-state index contributed by atoms with van der Waals surface area (Å²) in [5.41, 5.74) is 1.43. The second-order valence-corrected chi connectivity index (χ2v) is 6.50. The van der Waals surface area contributed by atoms with E-state index >= 15 is 0 Å². The Balaban J connectivity index is 0. The van der Waals surface area contributed by atoms with Gasteiger partial charge >= 0.3 is 41.5 Å². The third-order valence-corrected chi connectivity index (χ3v) is 4.40. The number of carbonyl (C=O) groups is 2. The molecule has 1 aromatic rings. The third-order valence-electron chi connectivity index (χ3n) is 4.40. The van der Waals surface area contributed by atoms with Gasteiger partial charge in [-0.2, -0.15) is 0 Å². The molecule has 0 aliphatic rings. The summed E-state index contributed by atoms with van der Waals surface area (Å²) in [5, 5.41) is 0. The van der Waals surface area contributed by atoms with Gasteiger partial charge in [0.2, 0.25) is 0 Å². The van der Waals surface area contributed by atoms with Crippen LogP contribution >= 0.6 is 0 Å². The van der Waals surface area contributed by atoms with Crippen molar-refractivity contribution < 1.29 is 45.3 Å². The number of aryl methyl sites for hydroxylation is 1. The molecule has 0 radical (unpaired) electrons. The van der Waals surface area contributed by atoms with Gasteiger partial charge in [-0.15, -0.1) is 0 Å². The molecule has 0 saturated heterocycles. The Hall–Kier alpha value is -0.900. The number of benzene rings is 1. The summed E-state index contributed by atoms with van der Waals surface area (Å²) in [7, 11) is 0. The predicted molar refractivity (Wildman–Crippen MR) is 104 cm³/mol. The van der Waals surface area contributed by atoms with Gasteiger partial charge in [0.1, 0.15) is 0 Å². The molecule has 0 saturated carbocycles. The maximum atomic E-state index is 12.0. The topological polar surface area (TPSA) is 43.4 Å². The van der Waals surface area contributed by atoms with Gasteiger partial charge in [-0.3, -0.25) is 0 Å². The van der Waals surface area contributed by atoms with Crippen LogP contribution in [0.4, 0.5) is 0 Å². The minimum atomic E-state index is -0.710. The molecule has 0 spiro atoms. The van der Waals surface area contributed by atoms with Crippen molar-refractivity contribution in [3.8, 4) is 0 Å². The van der Waals surface area contributed by atoms with Gasteiger partial charge in [0.15, 0.2) is 0 Å². The minimum absolute atomic E-state index is 0. The summed E-state index contributed by atoms with van der Waals surface area (Å²) < 4.78 is 4.73. The molecule has 0 N–H and O–H groups in total. The second-order valence-electron chi connectivity index (χ2n) is 6.50. The average Bonchev–Trinajstić information content (AvgIpc) is 2.63. The van der Waals surface area contributed by atoms with Crippen LogP contribution in [0, 0.1) is 0 Å². The zero-order valence-electron chi connectivity index (χ0n) is 17.6. The van der Waals surface area contributed by atoms with Crippen molar-refractivity contribution in [2.75, 3.05) is 0 Å². The zero-order valence-corrected chi connectivity index (χ0v) is 18.6. The Morgan fingerprint density at radius 1 is 0.962 bits per heavy atom. The van der Waals surface area contributed by atoms with Gasteiger partial charge in [0, 0.05) is 6.08 Å². The molecule has 0 unspecified atom stereocenters. The van der Waals surface area contributed by atoms with Crippen LogP contribution in [0.5, 0.6) is 0 Å². The molecule has 0 fully saturated rings. The van der Waals surface area contributed by atoms with Crippen LogP contribution in [0.1, 0.15) is 88.5 Å². The molecule has 0 aliphatic carbocycles. The van der Waals surface area contributed by atoms with Crippen molar-refractivity contribution in [2.24, 2.45) is 0 Å². The molecule has 140 valence electrons. The number of hydrogen-bond acceptors (Lipinski definition) is 3. The van der Waals surface area contributed by atoms with Crippen LogP contribution in [0.2, 0.25) is 0 Å².